The Morgan fingerprint density at radius 1 is 0.459 bits per heavy atom. The maximum Gasteiger partial charge on any atom is 0.119 e. The van der Waals surface area contributed by atoms with Crippen molar-refractivity contribution in [2.45, 2.75) is 136 Å². The molecule has 2 heteroatoms. The molecule has 0 heterocycles. The Morgan fingerprint density at radius 3 is 1.19 bits per heavy atom. The molecule has 0 unspecified atom stereocenters. The fourth-order valence-corrected chi connectivity index (χ4v) is 5.55. The summed E-state index contributed by atoms with van der Waals surface area (Å²) in [5, 5.41) is 0. The zero-order valence-electron chi connectivity index (χ0n) is 24.1. The van der Waals surface area contributed by atoms with E-state index in [0.717, 1.165) is 44.0 Å². The molecule has 3 rings (SSSR count). The minimum absolute atomic E-state index is 0.832. The monoisotopic (exact) mass is 506 g/mol. The van der Waals surface area contributed by atoms with Gasteiger partial charge in [-0.3, -0.25) is 0 Å². The molecule has 0 aliphatic heterocycles. The van der Waals surface area contributed by atoms with Crippen LogP contribution in [0.3, 0.4) is 0 Å². The molecule has 0 saturated heterocycles. The molecule has 37 heavy (non-hydrogen) atoms. The number of unbranched alkanes of at least 4 members (excludes halogenated alkanes) is 16. The van der Waals surface area contributed by atoms with Crippen LogP contribution in [0.4, 0.5) is 0 Å². The van der Waals surface area contributed by atoms with Gasteiger partial charge in [0.15, 0.2) is 0 Å². The number of rotatable bonds is 22. The number of hydrogen-bond acceptors (Lipinski definition) is 2. The van der Waals surface area contributed by atoms with Crippen LogP contribution in [0.5, 0.6) is 11.5 Å². The van der Waals surface area contributed by atoms with Gasteiger partial charge in [-0.05, 0) is 65.8 Å². The molecule has 0 saturated carbocycles. The molecule has 2 aromatic carbocycles. The maximum atomic E-state index is 6.11. The minimum atomic E-state index is 0.832. The maximum absolute atomic E-state index is 6.11. The first kappa shape index (κ1) is 29.6. The Labute approximate surface area is 228 Å². The highest BCUT2D eigenvalue weighted by molar-refractivity contribution is 5.78. The predicted molar refractivity (Wildman–Crippen MR) is 160 cm³/mol. The van der Waals surface area contributed by atoms with Gasteiger partial charge in [0.25, 0.3) is 0 Å². The van der Waals surface area contributed by atoms with Gasteiger partial charge < -0.3 is 9.47 Å². The first-order chi connectivity index (χ1) is 18.3. The highest BCUT2D eigenvalue weighted by atomic mass is 16.5. The van der Waals surface area contributed by atoms with E-state index in [1.807, 2.05) is 0 Å². The van der Waals surface area contributed by atoms with Crippen LogP contribution < -0.4 is 9.47 Å². The van der Waals surface area contributed by atoms with Crippen molar-refractivity contribution >= 4 is 0 Å². The molecule has 2 aromatic rings. The first-order valence-electron chi connectivity index (χ1n) is 15.8. The van der Waals surface area contributed by atoms with Crippen LogP contribution in [-0.4, -0.2) is 13.2 Å². The van der Waals surface area contributed by atoms with Crippen LogP contribution in [0.1, 0.15) is 141 Å². The summed E-state index contributed by atoms with van der Waals surface area (Å²) >= 11 is 0. The zero-order valence-corrected chi connectivity index (χ0v) is 24.1. The van der Waals surface area contributed by atoms with Gasteiger partial charge in [-0.15, -0.1) is 0 Å². The molecule has 0 radical (unpaired) electrons. The van der Waals surface area contributed by atoms with Crippen molar-refractivity contribution in [2.24, 2.45) is 0 Å². The Balaban J connectivity index is 1.29. The van der Waals surface area contributed by atoms with E-state index in [-0.39, 0.29) is 0 Å². The van der Waals surface area contributed by atoms with Crippen LogP contribution in [0.25, 0.3) is 11.1 Å². The van der Waals surface area contributed by atoms with Gasteiger partial charge in [0, 0.05) is 0 Å². The normalized spacial score (nSPS) is 11.9. The van der Waals surface area contributed by atoms with Gasteiger partial charge in [0.2, 0.25) is 0 Å². The standard InChI is InChI=1S/C35H54O2/c1-3-5-7-9-11-13-15-17-19-25-36-32-21-23-34-30(28-32)27-31-29-33(22-24-35(31)34)37-26-20-18-16-14-12-10-8-6-4-2/h21-24,28-29H,3-20,25-27H2,1-2H3. The second kappa shape index (κ2) is 18.3. The van der Waals surface area contributed by atoms with Crippen molar-refractivity contribution in [1.82, 2.24) is 0 Å². The lowest BCUT2D eigenvalue weighted by molar-refractivity contribution is 0.304. The zero-order chi connectivity index (χ0) is 26.0. The van der Waals surface area contributed by atoms with E-state index in [1.165, 1.54) is 125 Å². The lowest BCUT2D eigenvalue weighted by Gasteiger charge is -2.09. The van der Waals surface area contributed by atoms with Crippen molar-refractivity contribution in [3.8, 4) is 22.6 Å². The summed E-state index contributed by atoms with van der Waals surface area (Å²) in [4.78, 5) is 0. The Hall–Kier alpha value is -1.96. The summed E-state index contributed by atoms with van der Waals surface area (Å²) in [5.41, 5.74) is 5.48. The van der Waals surface area contributed by atoms with E-state index in [1.54, 1.807) is 0 Å². The van der Waals surface area contributed by atoms with Crippen LogP contribution >= 0.6 is 0 Å². The van der Waals surface area contributed by atoms with Crippen LogP contribution in [-0.2, 0) is 6.42 Å². The van der Waals surface area contributed by atoms with Crippen molar-refractivity contribution in [3.63, 3.8) is 0 Å². The molecule has 0 bridgehead atoms. The molecular formula is C35H54O2. The van der Waals surface area contributed by atoms with E-state index in [2.05, 4.69) is 50.2 Å². The molecule has 1 aliphatic rings. The minimum Gasteiger partial charge on any atom is -0.494 e. The highest BCUT2D eigenvalue weighted by Crippen LogP contribution is 2.40. The van der Waals surface area contributed by atoms with Gasteiger partial charge in [-0.2, -0.15) is 0 Å². The topological polar surface area (TPSA) is 18.5 Å². The molecule has 0 aromatic heterocycles. The molecule has 206 valence electrons. The summed E-state index contributed by atoms with van der Waals surface area (Å²) in [5.74, 6) is 2.04. The van der Waals surface area contributed by atoms with E-state index in [0.29, 0.717) is 0 Å². The quantitative estimate of drug-likeness (QED) is 0.126. The Bertz CT molecular complexity index is 800. The number of hydrogen-bond donors (Lipinski definition) is 0. The molecule has 0 fully saturated rings. The summed E-state index contributed by atoms with van der Waals surface area (Å²) in [6.45, 7) is 6.23. The molecule has 0 N–H and O–H groups in total. The summed E-state index contributed by atoms with van der Waals surface area (Å²) in [6, 6.07) is 13.3. The van der Waals surface area contributed by atoms with Gasteiger partial charge in [-0.25, -0.2) is 0 Å². The van der Waals surface area contributed by atoms with Crippen molar-refractivity contribution < 1.29 is 9.47 Å². The Kier molecular flexibility index (Phi) is 14.7. The van der Waals surface area contributed by atoms with Gasteiger partial charge >= 0.3 is 0 Å². The predicted octanol–water partition coefficient (Wildman–Crippen LogP) is 11.1. The van der Waals surface area contributed by atoms with Gasteiger partial charge in [-0.1, -0.05) is 129 Å². The fraction of sp³-hybridized carbons (Fsp3) is 0.657. The molecule has 0 spiro atoms. The lowest BCUT2D eigenvalue weighted by atomic mass is 10.1. The van der Waals surface area contributed by atoms with Gasteiger partial charge in [0.1, 0.15) is 11.5 Å². The summed E-state index contributed by atoms with van der Waals surface area (Å²) in [7, 11) is 0. The van der Waals surface area contributed by atoms with Crippen molar-refractivity contribution in [1.29, 1.82) is 0 Å². The number of benzene rings is 2. The number of ether oxygens (including phenoxy) is 2. The summed E-state index contributed by atoms with van der Waals surface area (Å²) < 4.78 is 12.2. The molecule has 1 aliphatic carbocycles. The van der Waals surface area contributed by atoms with Crippen molar-refractivity contribution in [3.05, 3.63) is 47.5 Å². The molecule has 2 nitrogen and oxygen atoms in total. The van der Waals surface area contributed by atoms with Gasteiger partial charge in [0.05, 0.1) is 13.2 Å². The lowest BCUT2D eigenvalue weighted by Crippen LogP contribution is -1.98. The highest BCUT2D eigenvalue weighted by Gasteiger charge is 2.19. The fourth-order valence-electron chi connectivity index (χ4n) is 5.55. The third-order valence-corrected chi connectivity index (χ3v) is 7.86. The third kappa shape index (κ3) is 11.1. The van der Waals surface area contributed by atoms with E-state index in [9.17, 15) is 0 Å². The second-order valence-corrected chi connectivity index (χ2v) is 11.2. The smallest absolute Gasteiger partial charge is 0.119 e. The number of fused-ring (bicyclic) bond motifs is 3. The van der Waals surface area contributed by atoms with E-state index in [4.69, 9.17) is 9.47 Å². The largest absolute Gasteiger partial charge is 0.494 e. The average Bonchev–Trinajstić information content (AvgIpc) is 3.27. The van der Waals surface area contributed by atoms with Crippen LogP contribution in [0, 0.1) is 0 Å². The summed E-state index contributed by atoms with van der Waals surface area (Å²) in [6.07, 6.45) is 25.2. The molecule has 0 atom stereocenters. The van der Waals surface area contributed by atoms with Crippen LogP contribution in [0.15, 0.2) is 36.4 Å². The molecule has 0 amide bonds. The van der Waals surface area contributed by atoms with Crippen molar-refractivity contribution in [2.75, 3.05) is 13.2 Å². The van der Waals surface area contributed by atoms with Crippen LogP contribution in [0.2, 0.25) is 0 Å². The van der Waals surface area contributed by atoms with E-state index < -0.39 is 0 Å². The average molecular weight is 507 g/mol. The molecular weight excluding hydrogens is 452 g/mol. The second-order valence-electron chi connectivity index (χ2n) is 11.2. The SMILES string of the molecule is CCCCCCCCCCCOc1ccc2c(c1)Cc1cc(OCCCCCCCCCCC)ccc1-2. The first-order valence-corrected chi connectivity index (χ1v) is 15.8. The Morgan fingerprint density at radius 2 is 0.811 bits per heavy atom. The third-order valence-electron chi connectivity index (χ3n) is 7.86. The van der Waals surface area contributed by atoms with E-state index >= 15 is 0 Å².